The summed E-state index contributed by atoms with van der Waals surface area (Å²) in [5, 5.41) is 16.3. The van der Waals surface area contributed by atoms with Crippen LogP contribution in [-0.4, -0.2) is 53.7 Å². The second kappa shape index (κ2) is 5.13. The molecule has 3 N–H and O–H groups in total. The molecule has 1 aliphatic heterocycles. The third-order valence-electron chi connectivity index (χ3n) is 3.81. The summed E-state index contributed by atoms with van der Waals surface area (Å²) in [7, 11) is 2.12. The SMILES string of the molecule is Cc1nnc(N2CCN(C)CC2C)c(C(=N)N)c1C. The van der Waals surface area contributed by atoms with Gasteiger partial charge in [0.05, 0.1) is 11.3 Å². The first-order chi connectivity index (χ1) is 8.91. The number of rotatable bonds is 2. The minimum Gasteiger partial charge on any atom is -0.384 e. The number of nitrogen functional groups attached to an aromatic ring is 1. The maximum Gasteiger partial charge on any atom is 0.162 e. The van der Waals surface area contributed by atoms with Gasteiger partial charge in [-0.3, -0.25) is 5.41 Å². The Labute approximate surface area is 114 Å². The topological polar surface area (TPSA) is 82.1 Å². The van der Waals surface area contributed by atoms with Crippen molar-refractivity contribution >= 4 is 11.7 Å². The molecule has 6 nitrogen and oxygen atoms in total. The lowest BCUT2D eigenvalue weighted by Crippen LogP contribution is -2.51. The number of nitrogens with two attached hydrogens (primary N) is 1. The molecule has 2 heterocycles. The van der Waals surface area contributed by atoms with Gasteiger partial charge in [0, 0.05) is 25.7 Å². The average molecular weight is 262 g/mol. The Bertz CT molecular complexity index is 498. The number of nitrogens with zero attached hydrogens (tertiary/aromatic N) is 4. The van der Waals surface area contributed by atoms with Crippen molar-refractivity contribution in [2.45, 2.75) is 26.8 Å². The van der Waals surface area contributed by atoms with Crippen molar-refractivity contribution in [3.63, 3.8) is 0 Å². The van der Waals surface area contributed by atoms with E-state index in [-0.39, 0.29) is 5.84 Å². The van der Waals surface area contributed by atoms with Gasteiger partial charge in [-0.15, -0.1) is 5.10 Å². The zero-order valence-electron chi connectivity index (χ0n) is 12.1. The van der Waals surface area contributed by atoms with Crippen molar-refractivity contribution in [3.05, 3.63) is 16.8 Å². The molecule has 1 atom stereocenters. The second-order valence-corrected chi connectivity index (χ2v) is 5.33. The summed E-state index contributed by atoms with van der Waals surface area (Å²) in [5.74, 6) is 0.813. The van der Waals surface area contributed by atoms with E-state index >= 15 is 0 Å². The molecule has 1 fully saturated rings. The molecule has 19 heavy (non-hydrogen) atoms. The van der Waals surface area contributed by atoms with Crippen LogP contribution in [0, 0.1) is 19.3 Å². The molecule has 0 aromatic carbocycles. The number of hydrogen-bond acceptors (Lipinski definition) is 5. The molecule has 1 unspecified atom stereocenters. The minimum absolute atomic E-state index is 0.0663. The van der Waals surface area contributed by atoms with Crippen LogP contribution in [0.15, 0.2) is 0 Å². The standard InChI is InChI=1S/C13H22N6/c1-8-7-18(4)5-6-19(8)13-11(12(14)15)9(2)10(3)16-17-13/h8H,5-7H2,1-4H3,(H3,14,15). The van der Waals surface area contributed by atoms with E-state index in [2.05, 4.69) is 34.0 Å². The van der Waals surface area contributed by atoms with Crippen molar-refractivity contribution in [3.8, 4) is 0 Å². The smallest absolute Gasteiger partial charge is 0.162 e. The fraction of sp³-hybridized carbons (Fsp3) is 0.615. The fourth-order valence-corrected chi connectivity index (χ4v) is 2.57. The first-order valence-electron chi connectivity index (χ1n) is 6.55. The van der Waals surface area contributed by atoms with Gasteiger partial charge < -0.3 is 15.5 Å². The molecular weight excluding hydrogens is 240 g/mol. The Kier molecular flexibility index (Phi) is 3.71. The van der Waals surface area contributed by atoms with Crippen LogP contribution in [0.2, 0.25) is 0 Å². The molecule has 1 aromatic rings. The molecule has 1 aliphatic rings. The van der Waals surface area contributed by atoms with E-state index in [0.717, 1.165) is 42.3 Å². The van der Waals surface area contributed by atoms with E-state index in [9.17, 15) is 0 Å². The van der Waals surface area contributed by atoms with Crippen LogP contribution in [-0.2, 0) is 0 Å². The molecule has 0 saturated carbocycles. The van der Waals surface area contributed by atoms with E-state index in [1.165, 1.54) is 0 Å². The van der Waals surface area contributed by atoms with Crippen LogP contribution >= 0.6 is 0 Å². The summed E-state index contributed by atoms with van der Waals surface area (Å²) in [6, 6.07) is 0.341. The van der Waals surface area contributed by atoms with E-state index in [4.69, 9.17) is 11.1 Å². The number of aromatic nitrogens is 2. The molecular formula is C13H22N6. The highest BCUT2D eigenvalue weighted by Crippen LogP contribution is 2.25. The van der Waals surface area contributed by atoms with Gasteiger partial charge in [-0.05, 0) is 33.4 Å². The molecule has 1 saturated heterocycles. The summed E-state index contributed by atoms with van der Waals surface area (Å²) in [6.07, 6.45) is 0. The van der Waals surface area contributed by atoms with E-state index < -0.39 is 0 Å². The van der Waals surface area contributed by atoms with Crippen LogP contribution in [0.5, 0.6) is 0 Å². The molecule has 104 valence electrons. The van der Waals surface area contributed by atoms with Gasteiger partial charge in [0.1, 0.15) is 5.84 Å². The maximum atomic E-state index is 7.81. The number of piperazine rings is 1. The van der Waals surface area contributed by atoms with Crippen LogP contribution in [0.25, 0.3) is 0 Å². The van der Waals surface area contributed by atoms with Gasteiger partial charge in [-0.25, -0.2) is 0 Å². The molecule has 0 aliphatic carbocycles. The predicted molar refractivity (Wildman–Crippen MR) is 76.8 cm³/mol. The number of anilines is 1. The third-order valence-corrected chi connectivity index (χ3v) is 3.81. The Hall–Kier alpha value is -1.69. The lowest BCUT2D eigenvalue weighted by Gasteiger charge is -2.39. The maximum absolute atomic E-state index is 7.81. The highest BCUT2D eigenvalue weighted by atomic mass is 15.3. The Morgan fingerprint density at radius 3 is 2.58 bits per heavy atom. The summed E-state index contributed by atoms with van der Waals surface area (Å²) in [6.45, 7) is 8.85. The number of hydrogen-bond donors (Lipinski definition) is 2. The van der Waals surface area contributed by atoms with Crippen molar-refractivity contribution < 1.29 is 0 Å². The summed E-state index contributed by atoms with van der Waals surface area (Å²) in [4.78, 5) is 4.50. The number of likely N-dealkylation sites (N-methyl/N-ethyl adjacent to an activating group) is 1. The summed E-state index contributed by atoms with van der Waals surface area (Å²) < 4.78 is 0. The van der Waals surface area contributed by atoms with Crippen LogP contribution in [0.1, 0.15) is 23.7 Å². The van der Waals surface area contributed by atoms with Crippen LogP contribution < -0.4 is 10.6 Å². The monoisotopic (exact) mass is 262 g/mol. The first kappa shape index (κ1) is 13.7. The highest BCUT2D eigenvalue weighted by molar-refractivity contribution is 6.01. The number of amidine groups is 1. The van der Waals surface area contributed by atoms with E-state index in [0.29, 0.717) is 6.04 Å². The molecule has 6 heteroatoms. The fourth-order valence-electron chi connectivity index (χ4n) is 2.57. The van der Waals surface area contributed by atoms with Gasteiger partial charge in [0.15, 0.2) is 5.82 Å². The highest BCUT2D eigenvalue weighted by Gasteiger charge is 2.27. The van der Waals surface area contributed by atoms with Gasteiger partial charge in [0.25, 0.3) is 0 Å². The Morgan fingerprint density at radius 1 is 1.32 bits per heavy atom. The molecule has 0 amide bonds. The number of aryl methyl sites for hydroxylation is 1. The van der Waals surface area contributed by atoms with Gasteiger partial charge in [-0.2, -0.15) is 5.10 Å². The van der Waals surface area contributed by atoms with E-state index in [1.807, 2.05) is 13.8 Å². The van der Waals surface area contributed by atoms with Crippen molar-refractivity contribution in [2.75, 3.05) is 31.6 Å². The third kappa shape index (κ3) is 2.53. The normalized spacial score (nSPS) is 20.6. The van der Waals surface area contributed by atoms with E-state index in [1.54, 1.807) is 0 Å². The van der Waals surface area contributed by atoms with Gasteiger partial charge >= 0.3 is 0 Å². The second-order valence-electron chi connectivity index (χ2n) is 5.33. The molecule has 2 rings (SSSR count). The van der Waals surface area contributed by atoms with Gasteiger partial charge in [-0.1, -0.05) is 0 Å². The van der Waals surface area contributed by atoms with Crippen LogP contribution in [0.3, 0.4) is 0 Å². The summed E-state index contributed by atoms with van der Waals surface area (Å²) in [5.41, 5.74) is 8.25. The number of nitrogens with one attached hydrogen (secondary N) is 1. The van der Waals surface area contributed by atoms with Crippen molar-refractivity contribution in [2.24, 2.45) is 5.73 Å². The Morgan fingerprint density at radius 2 is 2.00 bits per heavy atom. The molecule has 0 bridgehead atoms. The lowest BCUT2D eigenvalue weighted by atomic mass is 10.1. The average Bonchev–Trinajstić information content (AvgIpc) is 2.32. The van der Waals surface area contributed by atoms with Crippen LogP contribution in [0.4, 0.5) is 5.82 Å². The molecule has 1 aromatic heterocycles. The van der Waals surface area contributed by atoms with Crippen molar-refractivity contribution in [1.82, 2.24) is 15.1 Å². The van der Waals surface area contributed by atoms with Crippen molar-refractivity contribution in [1.29, 1.82) is 5.41 Å². The lowest BCUT2D eigenvalue weighted by molar-refractivity contribution is 0.274. The minimum atomic E-state index is 0.0663. The Balaban J connectivity index is 2.45. The van der Waals surface area contributed by atoms with Gasteiger partial charge in [0.2, 0.25) is 0 Å². The largest absolute Gasteiger partial charge is 0.384 e. The first-order valence-corrected chi connectivity index (χ1v) is 6.55. The summed E-state index contributed by atoms with van der Waals surface area (Å²) >= 11 is 0. The zero-order valence-corrected chi connectivity index (χ0v) is 12.1. The molecule has 0 spiro atoms. The quantitative estimate of drug-likeness (QED) is 0.600. The molecule has 0 radical (unpaired) electrons. The predicted octanol–water partition coefficient (Wildman–Crippen LogP) is 0.518. The zero-order chi connectivity index (χ0) is 14.2.